The van der Waals surface area contributed by atoms with E-state index in [1.165, 1.54) is 5.69 Å². The summed E-state index contributed by atoms with van der Waals surface area (Å²) in [6.07, 6.45) is 0.952. The number of nitrogens with one attached hydrogen (secondary N) is 2. The quantitative estimate of drug-likeness (QED) is 0.410. The van der Waals surface area contributed by atoms with Crippen molar-refractivity contribution < 1.29 is 4.74 Å². The number of guanidine groups is 1. The third-order valence-electron chi connectivity index (χ3n) is 4.56. The van der Waals surface area contributed by atoms with Crippen LogP contribution in [-0.4, -0.2) is 70.9 Å². The lowest BCUT2D eigenvalue weighted by Gasteiger charge is -2.35. The molecular formula is C19H32ClN5O. The molecule has 0 aliphatic carbocycles. The Balaban J connectivity index is 1.93. The predicted molar refractivity (Wildman–Crippen MR) is 110 cm³/mol. The first-order valence-electron chi connectivity index (χ1n) is 9.38. The van der Waals surface area contributed by atoms with E-state index in [1.807, 2.05) is 19.1 Å². The molecule has 1 heterocycles. The maximum absolute atomic E-state index is 6.51. The summed E-state index contributed by atoms with van der Waals surface area (Å²) >= 11 is 6.51. The van der Waals surface area contributed by atoms with Gasteiger partial charge in [0, 0.05) is 75.8 Å². The molecule has 1 aromatic rings. The number of nitrogens with zero attached hydrogens (tertiary/aromatic N) is 3. The summed E-state index contributed by atoms with van der Waals surface area (Å²) in [5, 5.41) is 7.49. The minimum atomic E-state index is 0.645. The minimum absolute atomic E-state index is 0.645. The molecule has 1 fully saturated rings. The van der Waals surface area contributed by atoms with Gasteiger partial charge in [-0.1, -0.05) is 17.7 Å². The van der Waals surface area contributed by atoms with Gasteiger partial charge in [0.1, 0.15) is 0 Å². The van der Waals surface area contributed by atoms with Gasteiger partial charge in [-0.25, -0.2) is 0 Å². The number of halogens is 1. The van der Waals surface area contributed by atoms with E-state index in [4.69, 9.17) is 16.3 Å². The van der Waals surface area contributed by atoms with Crippen LogP contribution in [0.25, 0.3) is 0 Å². The highest BCUT2D eigenvalue weighted by molar-refractivity contribution is 6.31. The third-order valence-corrected chi connectivity index (χ3v) is 4.91. The molecule has 0 amide bonds. The molecule has 1 aliphatic heterocycles. The van der Waals surface area contributed by atoms with Gasteiger partial charge in [-0.05, 0) is 32.5 Å². The van der Waals surface area contributed by atoms with E-state index in [0.29, 0.717) is 6.54 Å². The van der Waals surface area contributed by atoms with Gasteiger partial charge in [-0.15, -0.1) is 0 Å². The van der Waals surface area contributed by atoms with Gasteiger partial charge in [0.15, 0.2) is 5.96 Å². The van der Waals surface area contributed by atoms with Gasteiger partial charge >= 0.3 is 0 Å². The molecule has 6 nitrogen and oxygen atoms in total. The highest BCUT2D eigenvalue weighted by Gasteiger charge is 2.18. The minimum Gasteiger partial charge on any atom is -0.382 e. The molecule has 0 unspecified atom stereocenters. The number of hydrogen-bond donors (Lipinski definition) is 2. The lowest BCUT2D eigenvalue weighted by molar-refractivity contribution is 0.145. The van der Waals surface area contributed by atoms with E-state index < -0.39 is 0 Å². The van der Waals surface area contributed by atoms with Crippen LogP contribution in [0.5, 0.6) is 0 Å². The highest BCUT2D eigenvalue weighted by Crippen LogP contribution is 2.28. The summed E-state index contributed by atoms with van der Waals surface area (Å²) in [6, 6.07) is 6.14. The second kappa shape index (κ2) is 11.3. The molecule has 1 saturated heterocycles. The van der Waals surface area contributed by atoms with Crippen molar-refractivity contribution in [3.8, 4) is 0 Å². The van der Waals surface area contributed by atoms with Gasteiger partial charge in [-0.3, -0.25) is 4.99 Å². The molecule has 0 bridgehead atoms. The van der Waals surface area contributed by atoms with Gasteiger partial charge in [0.05, 0.1) is 0 Å². The number of aliphatic imine (C=N–C) groups is 1. The zero-order valence-corrected chi connectivity index (χ0v) is 17.0. The largest absolute Gasteiger partial charge is 0.382 e. The maximum Gasteiger partial charge on any atom is 0.191 e. The molecule has 0 spiro atoms. The fourth-order valence-electron chi connectivity index (χ4n) is 2.98. The predicted octanol–water partition coefficient (Wildman–Crippen LogP) is 2.18. The highest BCUT2D eigenvalue weighted by atomic mass is 35.5. The van der Waals surface area contributed by atoms with Crippen molar-refractivity contribution >= 4 is 23.2 Å². The molecule has 2 rings (SSSR count). The van der Waals surface area contributed by atoms with Gasteiger partial charge in [-0.2, -0.15) is 0 Å². The van der Waals surface area contributed by atoms with E-state index in [9.17, 15) is 0 Å². The molecule has 1 aromatic carbocycles. The van der Waals surface area contributed by atoms with Crippen LogP contribution in [0.4, 0.5) is 5.69 Å². The van der Waals surface area contributed by atoms with Crippen molar-refractivity contribution in [3.63, 3.8) is 0 Å². The van der Waals surface area contributed by atoms with E-state index >= 15 is 0 Å². The summed E-state index contributed by atoms with van der Waals surface area (Å²) in [5.41, 5.74) is 2.33. The number of anilines is 1. The molecule has 7 heteroatoms. The first kappa shape index (κ1) is 20.8. The number of rotatable bonds is 8. The summed E-state index contributed by atoms with van der Waals surface area (Å²) in [6.45, 7) is 9.19. The fraction of sp³-hybridized carbons (Fsp3) is 0.632. The second-order valence-corrected chi connectivity index (χ2v) is 6.84. The monoisotopic (exact) mass is 381 g/mol. The lowest BCUT2D eigenvalue weighted by Crippen LogP contribution is -2.45. The molecule has 1 aliphatic rings. The zero-order valence-electron chi connectivity index (χ0n) is 16.2. The fourth-order valence-corrected chi connectivity index (χ4v) is 3.22. The van der Waals surface area contributed by atoms with Gasteiger partial charge in [0.2, 0.25) is 0 Å². The number of piperazine rings is 1. The molecule has 26 heavy (non-hydrogen) atoms. The maximum atomic E-state index is 6.51. The standard InChI is InChI=1S/C19H32ClN5O/c1-4-26-14-6-9-22-19(21-2)23-15-16-17(20)7-5-8-18(16)25-12-10-24(3)11-13-25/h5,7-8H,4,6,9-15H2,1-3H3,(H2,21,22,23). The first-order chi connectivity index (χ1) is 12.7. The van der Waals surface area contributed by atoms with Crippen LogP contribution in [0, 0.1) is 0 Å². The number of hydrogen-bond acceptors (Lipinski definition) is 4. The van der Waals surface area contributed by atoms with Crippen LogP contribution in [0.1, 0.15) is 18.9 Å². The Labute approximate surface area is 162 Å². The Hall–Kier alpha value is -1.50. The van der Waals surface area contributed by atoms with Crippen molar-refractivity contribution in [3.05, 3.63) is 28.8 Å². The topological polar surface area (TPSA) is 52.1 Å². The number of likely N-dealkylation sites (N-methyl/N-ethyl adjacent to an activating group) is 1. The van der Waals surface area contributed by atoms with Crippen LogP contribution in [0.15, 0.2) is 23.2 Å². The van der Waals surface area contributed by atoms with E-state index in [0.717, 1.165) is 68.9 Å². The normalized spacial score (nSPS) is 16.0. The average Bonchev–Trinajstić information content (AvgIpc) is 2.65. The Bertz CT molecular complexity index is 573. The molecule has 146 valence electrons. The average molecular weight is 382 g/mol. The molecule has 0 aromatic heterocycles. The lowest BCUT2D eigenvalue weighted by atomic mass is 10.1. The third kappa shape index (κ3) is 6.34. The molecule has 0 atom stereocenters. The Morgan fingerprint density at radius 2 is 2.00 bits per heavy atom. The van der Waals surface area contributed by atoms with Crippen molar-refractivity contribution in [2.75, 3.05) is 64.9 Å². The first-order valence-corrected chi connectivity index (χ1v) is 9.76. The van der Waals surface area contributed by atoms with E-state index in [1.54, 1.807) is 7.05 Å². The Morgan fingerprint density at radius 1 is 1.23 bits per heavy atom. The van der Waals surface area contributed by atoms with Crippen LogP contribution in [0.3, 0.4) is 0 Å². The van der Waals surface area contributed by atoms with Crippen LogP contribution < -0.4 is 15.5 Å². The van der Waals surface area contributed by atoms with Gasteiger partial charge < -0.3 is 25.2 Å². The van der Waals surface area contributed by atoms with Crippen molar-refractivity contribution in [2.24, 2.45) is 4.99 Å². The molecule has 0 saturated carbocycles. The molecular weight excluding hydrogens is 350 g/mol. The summed E-state index contributed by atoms with van der Waals surface area (Å²) in [7, 11) is 3.95. The van der Waals surface area contributed by atoms with Crippen LogP contribution >= 0.6 is 11.6 Å². The van der Waals surface area contributed by atoms with Crippen LogP contribution in [-0.2, 0) is 11.3 Å². The zero-order chi connectivity index (χ0) is 18.8. The van der Waals surface area contributed by atoms with E-state index in [-0.39, 0.29) is 0 Å². The molecule has 2 N–H and O–H groups in total. The van der Waals surface area contributed by atoms with Crippen LogP contribution in [0.2, 0.25) is 5.02 Å². The molecule has 0 radical (unpaired) electrons. The van der Waals surface area contributed by atoms with E-state index in [2.05, 4.69) is 38.5 Å². The summed E-state index contributed by atoms with van der Waals surface area (Å²) in [5.74, 6) is 0.783. The van der Waals surface area contributed by atoms with Crippen molar-refractivity contribution in [1.82, 2.24) is 15.5 Å². The Kier molecular flexibility index (Phi) is 9.01. The van der Waals surface area contributed by atoms with Gasteiger partial charge in [0.25, 0.3) is 0 Å². The number of ether oxygens (including phenoxy) is 1. The Morgan fingerprint density at radius 3 is 2.69 bits per heavy atom. The summed E-state index contributed by atoms with van der Waals surface area (Å²) < 4.78 is 5.36. The smallest absolute Gasteiger partial charge is 0.191 e. The van der Waals surface area contributed by atoms with Crippen molar-refractivity contribution in [1.29, 1.82) is 0 Å². The number of benzene rings is 1. The van der Waals surface area contributed by atoms with Crippen molar-refractivity contribution in [2.45, 2.75) is 19.9 Å². The summed E-state index contributed by atoms with van der Waals surface area (Å²) in [4.78, 5) is 9.06. The second-order valence-electron chi connectivity index (χ2n) is 6.43. The SMILES string of the molecule is CCOCCCNC(=NC)NCc1c(Cl)cccc1N1CCN(C)CC1.